The van der Waals surface area contributed by atoms with Crippen LogP contribution in [0.4, 0.5) is 8.78 Å². The molecule has 6 heteroatoms. The predicted octanol–water partition coefficient (Wildman–Crippen LogP) is 1.40. The minimum absolute atomic E-state index is 0.0328. The normalized spacial score (nSPS) is 19.7. The van der Waals surface area contributed by atoms with Gasteiger partial charge >= 0.3 is 6.61 Å². The third-order valence-electron chi connectivity index (χ3n) is 3.06. The van der Waals surface area contributed by atoms with Gasteiger partial charge in [0.1, 0.15) is 6.61 Å². The molecule has 1 aliphatic heterocycles. The van der Waals surface area contributed by atoms with Crippen LogP contribution in [0.15, 0.2) is 30.3 Å². The van der Waals surface area contributed by atoms with Gasteiger partial charge in [-0.3, -0.25) is 4.79 Å². The van der Waals surface area contributed by atoms with Gasteiger partial charge in [-0.05, 0) is 5.56 Å². The number of halogens is 2. The Hall–Kier alpha value is -1.53. The third-order valence-corrected chi connectivity index (χ3v) is 3.06. The first kappa shape index (κ1) is 13.9. The van der Waals surface area contributed by atoms with Crippen molar-refractivity contribution in [1.29, 1.82) is 0 Å². The fourth-order valence-electron chi connectivity index (χ4n) is 2.11. The first-order valence-electron chi connectivity index (χ1n) is 6.12. The number of piperazine rings is 1. The molecular weight excluding hydrogens is 254 g/mol. The van der Waals surface area contributed by atoms with E-state index < -0.39 is 19.1 Å². The van der Waals surface area contributed by atoms with Crippen molar-refractivity contribution in [3.63, 3.8) is 0 Å². The number of amides is 1. The second-order valence-electron chi connectivity index (χ2n) is 4.33. The highest BCUT2D eigenvalue weighted by Crippen LogP contribution is 2.17. The van der Waals surface area contributed by atoms with Crippen molar-refractivity contribution in [3.05, 3.63) is 35.9 Å². The molecule has 1 heterocycles. The molecular formula is C13H16F2N2O2. The van der Waals surface area contributed by atoms with Gasteiger partial charge in [0.05, 0.1) is 0 Å². The zero-order valence-electron chi connectivity index (χ0n) is 10.4. The Balaban J connectivity index is 1.92. The van der Waals surface area contributed by atoms with Crippen LogP contribution in [-0.4, -0.2) is 43.7 Å². The number of alkyl halides is 2. The SMILES string of the molecule is O=C(COC(F)F)N1CCNC(c2ccccc2)C1. The van der Waals surface area contributed by atoms with Crippen molar-refractivity contribution in [1.82, 2.24) is 10.2 Å². The van der Waals surface area contributed by atoms with E-state index in [0.717, 1.165) is 5.56 Å². The Kier molecular flexibility index (Phi) is 4.81. The Labute approximate surface area is 110 Å². The maximum atomic E-state index is 11.9. The van der Waals surface area contributed by atoms with Gasteiger partial charge in [-0.2, -0.15) is 8.78 Å². The molecule has 1 N–H and O–H groups in total. The molecule has 1 aromatic rings. The van der Waals surface area contributed by atoms with E-state index in [1.165, 1.54) is 0 Å². The lowest BCUT2D eigenvalue weighted by Crippen LogP contribution is -2.49. The van der Waals surface area contributed by atoms with Crippen molar-refractivity contribution >= 4 is 5.91 Å². The average Bonchev–Trinajstić information content (AvgIpc) is 2.46. The Morgan fingerprint density at radius 2 is 2.16 bits per heavy atom. The highest BCUT2D eigenvalue weighted by atomic mass is 19.3. The lowest BCUT2D eigenvalue weighted by atomic mass is 10.0. The van der Waals surface area contributed by atoms with E-state index in [9.17, 15) is 13.6 Å². The van der Waals surface area contributed by atoms with E-state index in [4.69, 9.17) is 0 Å². The Bertz CT molecular complexity index is 414. The van der Waals surface area contributed by atoms with Crippen molar-refractivity contribution in [2.45, 2.75) is 12.7 Å². The van der Waals surface area contributed by atoms with Crippen LogP contribution in [-0.2, 0) is 9.53 Å². The van der Waals surface area contributed by atoms with Crippen LogP contribution in [0.3, 0.4) is 0 Å². The molecule has 1 unspecified atom stereocenters. The van der Waals surface area contributed by atoms with E-state index >= 15 is 0 Å². The molecule has 0 aliphatic carbocycles. The second kappa shape index (κ2) is 6.58. The minimum atomic E-state index is -2.91. The second-order valence-corrected chi connectivity index (χ2v) is 4.33. The van der Waals surface area contributed by atoms with Gasteiger partial charge in [-0.25, -0.2) is 0 Å². The number of nitrogens with one attached hydrogen (secondary N) is 1. The van der Waals surface area contributed by atoms with Crippen LogP contribution < -0.4 is 5.32 Å². The van der Waals surface area contributed by atoms with E-state index in [2.05, 4.69) is 10.1 Å². The number of carbonyl (C=O) groups is 1. The van der Waals surface area contributed by atoms with Gasteiger partial charge < -0.3 is 15.0 Å². The smallest absolute Gasteiger partial charge is 0.338 e. The molecule has 0 saturated carbocycles. The summed E-state index contributed by atoms with van der Waals surface area (Å²) in [5, 5.41) is 3.30. The van der Waals surface area contributed by atoms with E-state index in [1.54, 1.807) is 4.90 Å². The maximum Gasteiger partial charge on any atom is 0.345 e. The first-order valence-corrected chi connectivity index (χ1v) is 6.12. The largest absolute Gasteiger partial charge is 0.345 e. The Morgan fingerprint density at radius 1 is 1.42 bits per heavy atom. The molecule has 1 saturated heterocycles. The minimum Gasteiger partial charge on any atom is -0.338 e. The Morgan fingerprint density at radius 3 is 2.84 bits per heavy atom. The van der Waals surface area contributed by atoms with Gasteiger partial charge in [-0.15, -0.1) is 0 Å². The molecule has 1 fully saturated rings. The fraction of sp³-hybridized carbons (Fsp3) is 0.462. The summed E-state index contributed by atoms with van der Waals surface area (Å²) in [6.07, 6.45) is 0. The number of hydrogen-bond donors (Lipinski definition) is 1. The zero-order valence-corrected chi connectivity index (χ0v) is 10.4. The van der Waals surface area contributed by atoms with Crippen LogP contribution in [0.2, 0.25) is 0 Å². The predicted molar refractivity (Wildman–Crippen MR) is 65.7 cm³/mol. The number of rotatable bonds is 4. The van der Waals surface area contributed by atoms with Crippen molar-refractivity contribution in [3.8, 4) is 0 Å². The zero-order chi connectivity index (χ0) is 13.7. The third kappa shape index (κ3) is 3.97. The number of benzene rings is 1. The van der Waals surface area contributed by atoms with Crippen molar-refractivity contribution in [2.75, 3.05) is 26.2 Å². The van der Waals surface area contributed by atoms with Crippen LogP contribution in [0.1, 0.15) is 11.6 Å². The summed E-state index contributed by atoms with van der Waals surface area (Å²) in [6, 6.07) is 9.76. The fourth-order valence-corrected chi connectivity index (χ4v) is 2.11. The van der Waals surface area contributed by atoms with Crippen LogP contribution in [0, 0.1) is 0 Å². The van der Waals surface area contributed by atoms with Crippen molar-refractivity contribution < 1.29 is 18.3 Å². The monoisotopic (exact) mass is 270 g/mol. The van der Waals surface area contributed by atoms with E-state index in [0.29, 0.717) is 19.6 Å². The van der Waals surface area contributed by atoms with Gasteiger partial charge in [-0.1, -0.05) is 30.3 Å². The summed E-state index contributed by atoms with van der Waals surface area (Å²) in [5.41, 5.74) is 1.08. The van der Waals surface area contributed by atoms with E-state index in [1.807, 2.05) is 30.3 Å². The molecule has 4 nitrogen and oxygen atoms in total. The summed E-state index contributed by atoms with van der Waals surface area (Å²) in [5.74, 6) is -0.400. The van der Waals surface area contributed by atoms with Gasteiger partial charge in [0.15, 0.2) is 0 Å². The molecule has 0 aromatic heterocycles. The molecule has 0 spiro atoms. The van der Waals surface area contributed by atoms with E-state index in [-0.39, 0.29) is 6.04 Å². The molecule has 19 heavy (non-hydrogen) atoms. The number of nitrogens with zero attached hydrogens (tertiary/aromatic N) is 1. The molecule has 1 amide bonds. The highest BCUT2D eigenvalue weighted by molar-refractivity contribution is 5.77. The lowest BCUT2D eigenvalue weighted by Gasteiger charge is -2.34. The van der Waals surface area contributed by atoms with Crippen LogP contribution in [0.5, 0.6) is 0 Å². The quantitative estimate of drug-likeness (QED) is 0.899. The number of hydrogen-bond acceptors (Lipinski definition) is 3. The van der Waals surface area contributed by atoms with Gasteiger partial charge in [0.2, 0.25) is 5.91 Å². The molecule has 1 aromatic carbocycles. The molecule has 1 atom stereocenters. The van der Waals surface area contributed by atoms with Gasteiger partial charge in [0, 0.05) is 25.7 Å². The topological polar surface area (TPSA) is 41.6 Å². The van der Waals surface area contributed by atoms with Crippen LogP contribution in [0.25, 0.3) is 0 Å². The van der Waals surface area contributed by atoms with Gasteiger partial charge in [0.25, 0.3) is 0 Å². The highest BCUT2D eigenvalue weighted by Gasteiger charge is 2.24. The standard InChI is InChI=1S/C13H16F2N2O2/c14-13(15)19-9-12(18)17-7-6-16-11(8-17)10-4-2-1-3-5-10/h1-5,11,13,16H,6-9H2. The summed E-state index contributed by atoms with van der Waals surface area (Å²) in [4.78, 5) is 13.3. The van der Waals surface area contributed by atoms with Crippen LogP contribution >= 0.6 is 0 Å². The summed E-state index contributed by atoms with van der Waals surface area (Å²) in [6.45, 7) is -1.86. The van der Waals surface area contributed by atoms with Crippen molar-refractivity contribution in [2.24, 2.45) is 0 Å². The summed E-state index contributed by atoms with van der Waals surface area (Å²) >= 11 is 0. The first-order chi connectivity index (χ1) is 9.16. The maximum absolute atomic E-state index is 11.9. The summed E-state index contributed by atoms with van der Waals surface area (Å²) in [7, 11) is 0. The molecule has 2 rings (SSSR count). The lowest BCUT2D eigenvalue weighted by molar-refractivity contribution is -0.160. The number of carbonyl (C=O) groups excluding carboxylic acids is 1. The molecule has 0 bridgehead atoms. The summed E-state index contributed by atoms with van der Waals surface area (Å²) < 4.78 is 27.9. The molecule has 1 aliphatic rings. The average molecular weight is 270 g/mol. The molecule has 104 valence electrons. The number of ether oxygens (including phenoxy) is 1. The molecule has 0 radical (unpaired) electrons.